The molecule has 2 aromatic rings. The van der Waals surface area contributed by atoms with Gasteiger partial charge in [0.15, 0.2) is 11.5 Å². The molecule has 0 amide bonds. The van der Waals surface area contributed by atoms with Gasteiger partial charge in [-0.05, 0) is 29.3 Å². The van der Waals surface area contributed by atoms with Gasteiger partial charge in [0.1, 0.15) is 5.75 Å². The van der Waals surface area contributed by atoms with Crippen LogP contribution in [0.1, 0.15) is 16.0 Å². The van der Waals surface area contributed by atoms with Gasteiger partial charge in [-0.1, -0.05) is 39.7 Å². The fraction of sp³-hybridized carbons (Fsp3) is 0.250. The predicted molar refractivity (Wildman–Crippen MR) is 88.3 cm³/mol. The normalized spacial score (nSPS) is 11.9. The Kier molecular flexibility index (Phi) is 5.37. The highest BCUT2D eigenvalue weighted by Gasteiger charge is 2.18. The summed E-state index contributed by atoms with van der Waals surface area (Å²) in [5.41, 5.74) is 1.95. The van der Waals surface area contributed by atoms with E-state index in [1.165, 1.54) is 0 Å². The second-order valence-electron chi connectivity index (χ2n) is 4.37. The molecule has 0 radical (unpaired) electrons. The van der Waals surface area contributed by atoms with Gasteiger partial charge in [0.25, 0.3) is 0 Å². The second-order valence-corrected chi connectivity index (χ2v) is 5.69. The van der Waals surface area contributed by atoms with E-state index in [9.17, 15) is 0 Å². The van der Waals surface area contributed by atoms with Crippen molar-refractivity contribution in [3.8, 4) is 17.2 Å². The number of ether oxygens (including phenoxy) is 3. The summed E-state index contributed by atoms with van der Waals surface area (Å²) >= 11 is 10.0. The zero-order valence-corrected chi connectivity index (χ0v) is 14.4. The van der Waals surface area contributed by atoms with Gasteiger partial charge in [-0.15, -0.1) is 0 Å². The maximum Gasteiger partial charge on any atom is 0.162 e. The first-order valence-electron chi connectivity index (χ1n) is 6.30. The number of benzene rings is 2. The molecule has 2 aromatic carbocycles. The molecule has 0 fully saturated rings. The maximum absolute atomic E-state index is 6.36. The van der Waals surface area contributed by atoms with E-state index in [0.29, 0.717) is 16.5 Å². The van der Waals surface area contributed by atoms with Crippen LogP contribution in [0, 0.1) is 0 Å². The number of halogens is 2. The quantitative estimate of drug-likeness (QED) is 0.703. The van der Waals surface area contributed by atoms with Crippen LogP contribution in [0.3, 0.4) is 0 Å². The summed E-state index contributed by atoms with van der Waals surface area (Å²) in [5.74, 6) is 2.05. The van der Waals surface area contributed by atoms with Gasteiger partial charge in [-0.25, -0.2) is 0 Å². The van der Waals surface area contributed by atoms with E-state index >= 15 is 0 Å². The van der Waals surface area contributed by atoms with E-state index < -0.39 is 0 Å². The molecule has 1 unspecified atom stereocenters. The fourth-order valence-corrected chi connectivity index (χ4v) is 3.10. The zero-order valence-electron chi connectivity index (χ0n) is 12.0. The summed E-state index contributed by atoms with van der Waals surface area (Å²) in [5, 5.41) is 0.609. The van der Waals surface area contributed by atoms with Gasteiger partial charge in [0, 0.05) is 11.1 Å². The lowest BCUT2D eigenvalue weighted by Crippen LogP contribution is -1.98. The standard InChI is InChI=1S/C16H16BrClO3/c1-19-11-6-4-5-10(7-11)16(17)12-8-14(20-2)15(21-3)9-13(12)18/h4-9,16H,1-3H3. The Morgan fingerprint density at radius 1 is 0.952 bits per heavy atom. The summed E-state index contributed by atoms with van der Waals surface area (Å²) in [6, 6.07) is 11.4. The van der Waals surface area contributed by atoms with Crippen molar-refractivity contribution in [1.29, 1.82) is 0 Å². The molecular formula is C16H16BrClO3. The summed E-state index contributed by atoms with van der Waals surface area (Å²) in [6.07, 6.45) is 0. The molecule has 0 aliphatic carbocycles. The molecule has 5 heteroatoms. The molecule has 0 aliphatic rings. The van der Waals surface area contributed by atoms with E-state index in [1.54, 1.807) is 27.4 Å². The second kappa shape index (κ2) is 7.05. The Bertz CT molecular complexity index is 631. The van der Waals surface area contributed by atoms with Crippen LogP contribution in [0.2, 0.25) is 5.02 Å². The monoisotopic (exact) mass is 370 g/mol. The zero-order chi connectivity index (χ0) is 15.4. The lowest BCUT2D eigenvalue weighted by Gasteiger charge is -2.16. The van der Waals surface area contributed by atoms with Gasteiger partial charge in [0.2, 0.25) is 0 Å². The van der Waals surface area contributed by atoms with Gasteiger partial charge < -0.3 is 14.2 Å². The van der Waals surface area contributed by atoms with Gasteiger partial charge >= 0.3 is 0 Å². The molecule has 0 aliphatic heterocycles. The third kappa shape index (κ3) is 3.44. The third-order valence-electron chi connectivity index (χ3n) is 3.16. The van der Waals surface area contributed by atoms with E-state index in [-0.39, 0.29) is 4.83 Å². The Hall–Kier alpha value is -1.39. The average Bonchev–Trinajstić information content (AvgIpc) is 2.53. The number of alkyl halides is 1. The van der Waals surface area contributed by atoms with Gasteiger partial charge in [-0.3, -0.25) is 0 Å². The van der Waals surface area contributed by atoms with E-state index in [1.807, 2.05) is 30.3 Å². The summed E-state index contributed by atoms with van der Waals surface area (Å²) < 4.78 is 15.8. The smallest absolute Gasteiger partial charge is 0.162 e. The molecule has 0 spiro atoms. The SMILES string of the molecule is COc1cccc(C(Br)c2cc(OC)c(OC)cc2Cl)c1. The Morgan fingerprint density at radius 3 is 2.24 bits per heavy atom. The molecule has 0 saturated carbocycles. The molecule has 0 bridgehead atoms. The molecule has 2 rings (SSSR count). The van der Waals surface area contributed by atoms with Crippen molar-refractivity contribution in [2.24, 2.45) is 0 Å². The maximum atomic E-state index is 6.36. The van der Waals surface area contributed by atoms with Crippen LogP contribution >= 0.6 is 27.5 Å². The highest BCUT2D eigenvalue weighted by atomic mass is 79.9. The van der Waals surface area contributed by atoms with Crippen molar-refractivity contribution < 1.29 is 14.2 Å². The van der Waals surface area contributed by atoms with Crippen LogP contribution in [0.5, 0.6) is 17.2 Å². The van der Waals surface area contributed by atoms with E-state index in [2.05, 4.69) is 15.9 Å². The lowest BCUT2D eigenvalue weighted by molar-refractivity contribution is 0.354. The molecule has 112 valence electrons. The van der Waals surface area contributed by atoms with Crippen LogP contribution in [0.4, 0.5) is 0 Å². The fourth-order valence-electron chi connectivity index (χ4n) is 2.04. The molecule has 21 heavy (non-hydrogen) atoms. The van der Waals surface area contributed by atoms with Gasteiger partial charge in [-0.2, -0.15) is 0 Å². The first kappa shape index (κ1) is 16.0. The van der Waals surface area contributed by atoms with E-state index in [4.69, 9.17) is 25.8 Å². The van der Waals surface area contributed by atoms with E-state index in [0.717, 1.165) is 16.9 Å². The van der Waals surface area contributed by atoms with Crippen LogP contribution in [0.25, 0.3) is 0 Å². The van der Waals surface area contributed by atoms with Crippen molar-refractivity contribution in [3.05, 3.63) is 52.5 Å². The minimum Gasteiger partial charge on any atom is -0.497 e. The Balaban J connectivity index is 2.44. The minimum absolute atomic E-state index is 0.0695. The first-order valence-corrected chi connectivity index (χ1v) is 7.59. The third-order valence-corrected chi connectivity index (χ3v) is 4.51. The summed E-state index contributed by atoms with van der Waals surface area (Å²) in [6.45, 7) is 0. The van der Waals surface area contributed by atoms with Crippen LogP contribution in [-0.4, -0.2) is 21.3 Å². The molecule has 1 atom stereocenters. The average molecular weight is 372 g/mol. The topological polar surface area (TPSA) is 27.7 Å². The lowest BCUT2D eigenvalue weighted by atomic mass is 10.0. The van der Waals surface area contributed by atoms with Crippen molar-refractivity contribution in [2.75, 3.05) is 21.3 Å². The van der Waals surface area contributed by atoms with Crippen molar-refractivity contribution in [3.63, 3.8) is 0 Å². The molecule has 0 heterocycles. The van der Waals surface area contributed by atoms with Crippen LogP contribution in [-0.2, 0) is 0 Å². The molecular weight excluding hydrogens is 356 g/mol. The highest BCUT2D eigenvalue weighted by Crippen LogP contribution is 2.41. The Labute approximate surface area is 137 Å². The van der Waals surface area contributed by atoms with Crippen molar-refractivity contribution >= 4 is 27.5 Å². The van der Waals surface area contributed by atoms with Crippen molar-refractivity contribution in [2.45, 2.75) is 4.83 Å². The number of methoxy groups -OCH3 is 3. The Morgan fingerprint density at radius 2 is 1.62 bits per heavy atom. The first-order chi connectivity index (χ1) is 10.1. The predicted octanol–water partition coefficient (Wildman–Crippen LogP) is 4.85. The minimum atomic E-state index is -0.0695. The van der Waals surface area contributed by atoms with Crippen molar-refractivity contribution in [1.82, 2.24) is 0 Å². The number of hydrogen-bond acceptors (Lipinski definition) is 3. The number of rotatable bonds is 5. The number of hydrogen-bond donors (Lipinski definition) is 0. The van der Waals surface area contributed by atoms with Gasteiger partial charge in [0.05, 0.1) is 26.2 Å². The van der Waals surface area contributed by atoms with Crippen LogP contribution in [0.15, 0.2) is 36.4 Å². The molecule has 0 saturated heterocycles. The highest BCUT2D eigenvalue weighted by molar-refractivity contribution is 9.09. The summed E-state index contributed by atoms with van der Waals surface area (Å²) in [4.78, 5) is -0.0695. The summed E-state index contributed by atoms with van der Waals surface area (Å²) in [7, 11) is 4.83. The largest absolute Gasteiger partial charge is 0.497 e. The molecule has 3 nitrogen and oxygen atoms in total. The molecule has 0 aromatic heterocycles. The molecule has 0 N–H and O–H groups in total. The van der Waals surface area contributed by atoms with Crippen LogP contribution < -0.4 is 14.2 Å².